The van der Waals surface area contributed by atoms with Crippen molar-refractivity contribution in [1.82, 2.24) is 4.98 Å². The van der Waals surface area contributed by atoms with Crippen molar-refractivity contribution in [3.05, 3.63) is 88.9 Å². The molecule has 1 heterocycles. The summed E-state index contributed by atoms with van der Waals surface area (Å²) >= 11 is 6.20. The molecule has 4 nitrogen and oxygen atoms in total. The van der Waals surface area contributed by atoms with E-state index in [1.165, 1.54) is 0 Å². The number of carbonyl (C=O) groups is 1. The van der Waals surface area contributed by atoms with Crippen LogP contribution in [0, 0.1) is 6.92 Å². The number of pyridine rings is 1. The largest absolute Gasteiger partial charge is 0.497 e. The van der Waals surface area contributed by atoms with Crippen molar-refractivity contribution < 1.29 is 9.53 Å². The zero-order chi connectivity index (χ0) is 20.4. The molecule has 144 valence electrons. The molecular weight excluding hydrogens is 384 g/mol. The van der Waals surface area contributed by atoms with Crippen LogP contribution in [0.1, 0.15) is 15.9 Å². The van der Waals surface area contributed by atoms with Gasteiger partial charge in [-0.15, -0.1) is 0 Å². The van der Waals surface area contributed by atoms with Crippen LogP contribution in [0.3, 0.4) is 0 Å². The third kappa shape index (κ3) is 3.80. The average Bonchev–Trinajstić information content (AvgIpc) is 2.76. The fourth-order valence-corrected chi connectivity index (χ4v) is 3.40. The number of anilines is 1. The van der Waals surface area contributed by atoms with E-state index in [4.69, 9.17) is 21.3 Å². The molecule has 1 N–H and O–H groups in total. The Morgan fingerprint density at radius 1 is 1.00 bits per heavy atom. The molecule has 0 saturated carbocycles. The van der Waals surface area contributed by atoms with Gasteiger partial charge in [-0.05, 0) is 48.9 Å². The predicted molar refractivity (Wildman–Crippen MR) is 118 cm³/mol. The molecule has 0 saturated heterocycles. The molecule has 3 aromatic carbocycles. The maximum atomic E-state index is 13.2. The summed E-state index contributed by atoms with van der Waals surface area (Å²) in [4.78, 5) is 17.9. The van der Waals surface area contributed by atoms with Crippen LogP contribution in [0.25, 0.3) is 22.2 Å². The van der Waals surface area contributed by atoms with E-state index < -0.39 is 0 Å². The second-order valence-electron chi connectivity index (χ2n) is 6.67. The zero-order valence-electron chi connectivity index (χ0n) is 16.1. The molecule has 29 heavy (non-hydrogen) atoms. The lowest BCUT2D eigenvalue weighted by atomic mass is 10.0. The minimum absolute atomic E-state index is 0.210. The lowest BCUT2D eigenvalue weighted by molar-refractivity contribution is 0.102. The fraction of sp³-hybridized carbons (Fsp3) is 0.0833. The van der Waals surface area contributed by atoms with Crippen molar-refractivity contribution in [2.75, 3.05) is 12.4 Å². The Balaban J connectivity index is 1.82. The van der Waals surface area contributed by atoms with Crippen molar-refractivity contribution >= 4 is 34.1 Å². The molecule has 0 aliphatic heterocycles. The number of para-hydroxylation sites is 1. The molecule has 4 rings (SSSR count). The van der Waals surface area contributed by atoms with Gasteiger partial charge in [-0.3, -0.25) is 4.79 Å². The van der Waals surface area contributed by atoms with Crippen molar-refractivity contribution in [2.45, 2.75) is 6.92 Å². The molecule has 0 radical (unpaired) electrons. The highest BCUT2D eigenvalue weighted by molar-refractivity contribution is 6.31. The van der Waals surface area contributed by atoms with Crippen molar-refractivity contribution in [3.63, 3.8) is 0 Å². The first-order valence-corrected chi connectivity index (χ1v) is 9.55. The second kappa shape index (κ2) is 7.94. The van der Waals surface area contributed by atoms with Gasteiger partial charge >= 0.3 is 0 Å². The number of halogens is 1. The SMILES string of the molecule is COc1cccc(-c2cc(C(=O)Nc3cccc(Cl)c3C)c3ccccc3n2)c1. The summed E-state index contributed by atoms with van der Waals surface area (Å²) in [5.74, 6) is 0.524. The van der Waals surface area contributed by atoms with Gasteiger partial charge in [0.25, 0.3) is 5.91 Å². The van der Waals surface area contributed by atoms with E-state index in [0.717, 1.165) is 27.8 Å². The smallest absolute Gasteiger partial charge is 0.256 e. The van der Waals surface area contributed by atoms with E-state index in [1.54, 1.807) is 13.2 Å². The molecule has 5 heteroatoms. The van der Waals surface area contributed by atoms with Crippen LogP contribution in [0.4, 0.5) is 5.69 Å². The Bertz CT molecular complexity index is 1220. The summed E-state index contributed by atoms with van der Waals surface area (Å²) < 4.78 is 5.33. The molecule has 0 aliphatic rings. The van der Waals surface area contributed by atoms with Crippen LogP contribution in [-0.2, 0) is 0 Å². The highest BCUT2D eigenvalue weighted by atomic mass is 35.5. The lowest BCUT2D eigenvalue weighted by Crippen LogP contribution is -2.14. The quantitative estimate of drug-likeness (QED) is 0.447. The predicted octanol–water partition coefficient (Wildman–Crippen LogP) is 6.12. The zero-order valence-corrected chi connectivity index (χ0v) is 16.8. The number of carbonyl (C=O) groups excluding carboxylic acids is 1. The Morgan fingerprint density at radius 3 is 2.62 bits per heavy atom. The monoisotopic (exact) mass is 402 g/mol. The summed E-state index contributed by atoms with van der Waals surface area (Å²) in [7, 11) is 1.62. The molecule has 0 bridgehead atoms. The number of nitrogens with one attached hydrogen (secondary N) is 1. The Kier molecular flexibility index (Phi) is 5.19. The lowest BCUT2D eigenvalue weighted by Gasteiger charge is -2.13. The Morgan fingerprint density at radius 2 is 1.79 bits per heavy atom. The number of methoxy groups -OCH3 is 1. The van der Waals surface area contributed by atoms with E-state index in [0.29, 0.717) is 22.0 Å². The molecule has 0 spiro atoms. The maximum Gasteiger partial charge on any atom is 0.256 e. The van der Waals surface area contributed by atoms with Crippen LogP contribution in [0.5, 0.6) is 5.75 Å². The third-order valence-corrected chi connectivity index (χ3v) is 5.25. The van der Waals surface area contributed by atoms with Gasteiger partial charge in [-0.1, -0.05) is 48.0 Å². The van der Waals surface area contributed by atoms with E-state index >= 15 is 0 Å². The molecule has 0 atom stereocenters. The van der Waals surface area contributed by atoms with Gasteiger partial charge in [-0.2, -0.15) is 0 Å². The second-order valence-corrected chi connectivity index (χ2v) is 7.08. The van der Waals surface area contributed by atoms with Gasteiger partial charge < -0.3 is 10.1 Å². The minimum atomic E-state index is -0.210. The normalized spacial score (nSPS) is 10.7. The van der Waals surface area contributed by atoms with Crippen LogP contribution in [-0.4, -0.2) is 18.0 Å². The topological polar surface area (TPSA) is 51.2 Å². The number of nitrogens with zero attached hydrogens (tertiary/aromatic N) is 1. The molecule has 0 unspecified atom stereocenters. The summed E-state index contributed by atoms with van der Waals surface area (Å²) in [6.45, 7) is 1.88. The average molecular weight is 403 g/mol. The summed E-state index contributed by atoms with van der Waals surface area (Å²) in [6, 6.07) is 22.5. The highest BCUT2D eigenvalue weighted by Gasteiger charge is 2.15. The van der Waals surface area contributed by atoms with Gasteiger partial charge in [0, 0.05) is 21.7 Å². The number of hydrogen-bond donors (Lipinski definition) is 1. The van der Waals surface area contributed by atoms with Gasteiger partial charge in [0.15, 0.2) is 0 Å². The molecule has 1 aromatic heterocycles. The number of rotatable bonds is 4. The van der Waals surface area contributed by atoms with Gasteiger partial charge in [0.2, 0.25) is 0 Å². The number of benzene rings is 3. The number of hydrogen-bond acceptors (Lipinski definition) is 3. The molecule has 0 fully saturated rings. The first-order chi connectivity index (χ1) is 14.1. The van der Waals surface area contributed by atoms with Gasteiger partial charge in [0.1, 0.15) is 5.75 Å². The van der Waals surface area contributed by atoms with Crippen LogP contribution < -0.4 is 10.1 Å². The minimum Gasteiger partial charge on any atom is -0.497 e. The Labute approximate surface area is 174 Å². The first kappa shape index (κ1) is 19.0. The standard InChI is InChI=1S/C24H19ClN2O2/c1-15-20(25)10-6-12-21(15)27-24(28)19-14-23(16-7-5-8-17(13-16)29-2)26-22-11-4-3-9-18(19)22/h3-14H,1-2H3,(H,27,28). The first-order valence-electron chi connectivity index (χ1n) is 9.17. The van der Waals surface area contributed by atoms with Crippen molar-refractivity contribution in [3.8, 4) is 17.0 Å². The van der Waals surface area contributed by atoms with Gasteiger partial charge in [-0.25, -0.2) is 4.98 Å². The van der Waals surface area contributed by atoms with Crippen LogP contribution in [0.2, 0.25) is 5.02 Å². The molecule has 4 aromatic rings. The Hall–Kier alpha value is -3.37. The van der Waals surface area contributed by atoms with E-state index in [-0.39, 0.29) is 5.91 Å². The van der Waals surface area contributed by atoms with Crippen LogP contribution >= 0.6 is 11.6 Å². The van der Waals surface area contributed by atoms with Crippen molar-refractivity contribution in [1.29, 1.82) is 0 Å². The fourth-order valence-electron chi connectivity index (χ4n) is 3.23. The molecular formula is C24H19ClN2O2. The summed E-state index contributed by atoms with van der Waals surface area (Å²) in [6.07, 6.45) is 0. The third-order valence-electron chi connectivity index (χ3n) is 4.84. The van der Waals surface area contributed by atoms with Crippen molar-refractivity contribution in [2.24, 2.45) is 0 Å². The van der Waals surface area contributed by atoms with E-state index in [9.17, 15) is 4.79 Å². The molecule has 1 amide bonds. The summed E-state index contributed by atoms with van der Waals surface area (Å²) in [5.41, 5.74) is 4.40. The molecule has 0 aliphatic carbocycles. The number of aromatic nitrogens is 1. The van der Waals surface area contributed by atoms with E-state index in [2.05, 4.69) is 5.32 Å². The number of ether oxygens (including phenoxy) is 1. The van der Waals surface area contributed by atoms with Gasteiger partial charge in [0.05, 0.1) is 23.9 Å². The van der Waals surface area contributed by atoms with Crippen LogP contribution in [0.15, 0.2) is 72.8 Å². The number of fused-ring (bicyclic) bond motifs is 1. The summed E-state index contributed by atoms with van der Waals surface area (Å²) in [5, 5.41) is 4.38. The maximum absolute atomic E-state index is 13.2. The number of amides is 1. The highest BCUT2D eigenvalue weighted by Crippen LogP contribution is 2.29. The van der Waals surface area contributed by atoms with E-state index in [1.807, 2.05) is 73.7 Å².